The lowest BCUT2D eigenvalue weighted by atomic mass is 9.84. The Morgan fingerprint density at radius 1 is 1.19 bits per heavy atom. The Morgan fingerprint density at radius 2 is 2.03 bits per heavy atom. The summed E-state index contributed by atoms with van der Waals surface area (Å²) in [7, 11) is 3.99. The summed E-state index contributed by atoms with van der Waals surface area (Å²) in [6, 6.07) is 5.45. The number of methoxy groups -OCH3 is 1. The summed E-state index contributed by atoms with van der Waals surface area (Å²) in [5, 5.41) is 20.2. The van der Waals surface area contributed by atoms with Gasteiger partial charge in [0.05, 0.1) is 23.7 Å². The highest BCUT2D eigenvalue weighted by atomic mass is 32.1. The number of hydrogen-bond donors (Lipinski definition) is 1. The van der Waals surface area contributed by atoms with E-state index in [9.17, 15) is 5.11 Å². The molecule has 0 saturated carbocycles. The van der Waals surface area contributed by atoms with Crippen LogP contribution in [0.15, 0.2) is 36.9 Å². The smallest absolute Gasteiger partial charge is 0.294 e. The molecule has 9 heteroatoms. The van der Waals surface area contributed by atoms with Crippen molar-refractivity contribution in [1.29, 1.82) is 0 Å². The van der Waals surface area contributed by atoms with E-state index in [1.54, 1.807) is 25.7 Å². The molecular weight excluding hydrogens is 414 g/mol. The molecule has 2 saturated heterocycles. The van der Waals surface area contributed by atoms with E-state index >= 15 is 0 Å². The van der Waals surface area contributed by atoms with Crippen LogP contribution in [-0.4, -0.2) is 67.2 Å². The van der Waals surface area contributed by atoms with E-state index in [0.717, 1.165) is 24.9 Å². The normalized spacial score (nSPS) is 30.6. The second-order valence-electron chi connectivity index (χ2n) is 9.03. The third-order valence-corrected chi connectivity index (χ3v) is 8.02. The van der Waals surface area contributed by atoms with Crippen molar-refractivity contribution in [3.05, 3.63) is 36.9 Å². The zero-order valence-electron chi connectivity index (χ0n) is 18.1. The highest BCUT2D eigenvalue weighted by Gasteiger charge is 2.60. The Labute approximate surface area is 185 Å². The number of likely N-dealkylation sites (N-methyl/N-ethyl adjacent to an activating group) is 1. The quantitative estimate of drug-likeness (QED) is 0.648. The molecule has 0 aliphatic carbocycles. The molecule has 4 heterocycles. The minimum Gasteiger partial charge on any atom is -0.507 e. The molecule has 2 bridgehead atoms. The number of rotatable bonds is 5. The Hall–Kier alpha value is -2.49. The molecule has 3 aromatic rings. The van der Waals surface area contributed by atoms with E-state index in [2.05, 4.69) is 41.0 Å². The lowest BCUT2D eigenvalue weighted by molar-refractivity contribution is -0.0570. The summed E-state index contributed by atoms with van der Waals surface area (Å²) in [4.78, 5) is 6.50. The first kappa shape index (κ1) is 20.4. The van der Waals surface area contributed by atoms with Gasteiger partial charge in [-0.05, 0) is 39.4 Å². The second-order valence-corrected chi connectivity index (χ2v) is 9.97. The van der Waals surface area contributed by atoms with Gasteiger partial charge in [-0.2, -0.15) is 0 Å². The van der Waals surface area contributed by atoms with Crippen molar-refractivity contribution in [2.45, 2.75) is 56.4 Å². The van der Waals surface area contributed by atoms with E-state index in [0.29, 0.717) is 15.8 Å². The van der Waals surface area contributed by atoms with Gasteiger partial charge in [0.2, 0.25) is 0 Å². The summed E-state index contributed by atoms with van der Waals surface area (Å²) in [6.07, 6.45) is 8.23. The molecule has 2 aliphatic rings. The van der Waals surface area contributed by atoms with Crippen LogP contribution in [0, 0.1) is 0 Å². The van der Waals surface area contributed by atoms with Crippen LogP contribution >= 0.6 is 11.3 Å². The maximum atomic E-state index is 10.6. The third-order valence-electron chi connectivity index (χ3n) is 7.18. The van der Waals surface area contributed by atoms with Crippen molar-refractivity contribution >= 4 is 11.3 Å². The second kappa shape index (κ2) is 7.29. The van der Waals surface area contributed by atoms with Crippen LogP contribution in [0.2, 0.25) is 0 Å². The number of phenolic OH excluding ortho intramolecular Hbond substituents is 1. The summed E-state index contributed by atoms with van der Waals surface area (Å²) < 4.78 is 14.0. The maximum Gasteiger partial charge on any atom is 0.294 e. The molecule has 2 aromatic heterocycles. The largest absolute Gasteiger partial charge is 0.507 e. The van der Waals surface area contributed by atoms with E-state index in [1.807, 2.05) is 22.9 Å². The Kier molecular flexibility index (Phi) is 4.80. The number of aromatic nitrogens is 4. The number of hydrogen-bond acceptors (Lipinski definition) is 8. The van der Waals surface area contributed by atoms with Gasteiger partial charge in [0.1, 0.15) is 11.9 Å². The fourth-order valence-electron chi connectivity index (χ4n) is 5.30. The standard InChI is InChI=1S/C22H27N5O3S/c1-21-10-15(11-22(2,26(21)3)18(12-21)29-4)30-20-25-24-19(31-20)16-6-5-14(9-17(16)28)27-8-7-23-13-27/h5-9,13,15,18,28H,10-12H2,1-4H3/t15-,18+,21+,22-/m0/s1. The summed E-state index contributed by atoms with van der Waals surface area (Å²) in [5.41, 5.74) is 1.43. The average molecular weight is 442 g/mol. The van der Waals surface area contributed by atoms with Gasteiger partial charge < -0.3 is 19.1 Å². The lowest BCUT2D eigenvalue weighted by Crippen LogP contribution is -2.59. The van der Waals surface area contributed by atoms with Gasteiger partial charge in [0.15, 0.2) is 5.01 Å². The van der Waals surface area contributed by atoms with Crippen molar-refractivity contribution in [3.63, 3.8) is 0 Å². The summed E-state index contributed by atoms with van der Waals surface area (Å²) >= 11 is 1.36. The number of piperidine rings is 1. The van der Waals surface area contributed by atoms with Crippen LogP contribution in [0.5, 0.6) is 10.9 Å². The molecule has 0 unspecified atom stereocenters. The minimum atomic E-state index is -0.0681. The molecule has 1 N–H and O–H groups in total. The van der Waals surface area contributed by atoms with Gasteiger partial charge in [-0.3, -0.25) is 4.90 Å². The Balaban J connectivity index is 1.34. The van der Waals surface area contributed by atoms with Gasteiger partial charge in [-0.25, -0.2) is 4.98 Å². The molecule has 4 atom stereocenters. The molecule has 2 fully saturated rings. The highest BCUT2D eigenvalue weighted by Crippen LogP contribution is 2.51. The number of ether oxygens (including phenoxy) is 2. The first-order chi connectivity index (χ1) is 14.8. The van der Waals surface area contributed by atoms with Crippen LogP contribution in [0.1, 0.15) is 33.1 Å². The van der Waals surface area contributed by atoms with E-state index < -0.39 is 0 Å². The summed E-state index contributed by atoms with van der Waals surface area (Å²) in [5.74, 6) is 0.147. The number of phenols is 1. The van der Waals surface area contributed by atoms with Crippen molar-refractivity contribution in [1.82, 2.24) is 24.6 Å². The molecule has 8 nitrogen and oxygen atoms in total. The van der Waals surface area contributed by atoms with Gasteiger partial charge in [-0.15, -0.1) is 5.10 Å². The molecule has 164 valence electrons. The predicted molar refractivity (Wildman–Crippen MR) is 118 cm³/mol. The molecule has 31 heavy (non-hydrogen) atoms. The van der Waals surface area contributed by atoms with Crippen LogP contribution in [-0.2, 0) is 4.74 Å². The monoisotopic (exact) mass is 441 g/mol. The third kappa shape index (κ3) is 3.31. The van der Waals surface area contributed by atoms with Crippen molar-refractivity contribution < 1.29 is 14.6 Å². The molecular formula is C22H27N5O3S. The SMILES string of the molecule is CO[C@@H]1C[C@@]2(C)C[C@H](Oc3nnc(-c4ccc(-n5ccnc5)cc4O)s3)C[C@]1(C)N2C. The number of aromatic hydroxyl groups is 1. The number of imidazole rings is 1. The maximum absolute atomic E-state index is 10.6. The molecule has 0 radical (unpaired) electrons. The van der Waals surface area contributed by atoms with E-state index in [-0.39, 0.29) is 29.0 Å². The van der Waals surface area contributed by atoms with Gasteiger partial charge in [0, 0.05) is 49.5 Å². The van der Waals surface area contributed by atoms with Crippen LogP contribution in [0.25, 0.3) is 16.3 Å². The predicted octanol–water partition coefficient (Wildman–Crippen LogP) is 3.51. The fraction of sp³-hybridized carbons (Fsp3) is 0.500. The van der Waals surface area contributed by atoms with Crippen LogP contribution < -0.4 is 4.74 Å². The molecule has 1 aromatic carbocycles. The zero-order chi connectivity index (χ0) is 21.8. The summed E-state index contributed by atoms with van der Waals surface area (Å²) in [6.45, 7) is 4.54. The number of fused-ring (bicyclic) bond motifs is 2. The first-order valence-electron chi connectivity index (χ1n) is 10.4. The average Bonchev–Trinajstić information content (AvgIpc) is 3.44. The Morgan fingerprint density at radius 3 is 2.74 bits per heavy atom. The molecule has 0 spiro atoms. The minimum absolute atomic E-state index is 0.0350. The fourth-order valence-corrected chi connectivity index (χ4v) is 6.10. The van der Waals surface area contributed by atoms with Crippen molar-refractivity contribution in [3.8, 4) is 27.2 Å². The molecule has 5 rings (SSSR count). The highest BCUT2D eigenvalue weighted by molar-refractivity contribution is 7.16. The van der Waals surface area contributed by atoms with E-state index in [4.69, 9.17) is 9.47 Å². The topological polar surface area (TPSA) is 85.5 Å². The molecule has 0 amide bonds. The van der Waals surface area contributed by atoms with Gasteiger partial charge in [0.25, 0.3) is 5.19 Å². The van der Waals surface area contributed by atoms with Crippen LogP contribution in [0.4, 0.5) is 0 Å². The zero-order valence-corrected chi connectivity index (χ0v) is 19.0. The van der Waals surface area contributed by atoms with Gasteiger partial charge >= 0.3 is 0 Å². The van der Waals surface area contributed by atoms with Crippen molar-refractivity contribution in [2.24, 2.45) is 0 Å². The molecule has 2 aliphatic heterocycles. The number of benzene rings is 1. The lowest BCUT2D eigenvalue weighted by Gasteiger charge is -2.49. The van der Waals surface area contributed by atoms with Gasteiger partial charge in [-0.1, -0.05) is 16.4 Å². The number of nitrogens with zero attached hydrogens (tertiary/aromatic N) is 5. The van der Waals surface area contributed by atoms with E-state index in [1.165, 1.54) is 11.3 Å². The Bertz CT molecular complexity index is 1090. The first-order valence-corrected chi connectivity index (χ1v) is 11.2. The van der Waals surface area contributed by atoms with Crippen LogP contribution in [0.3, 0.4) is 0 Å². The van der Waals surface area contributed by atoms with Crippen molar-refractivity contribution in [2.75, 3.05) is 14.2 Å².